The molecule has 2 aliphatic rings. The highest BCUT2D eigenvalue weighted by Gasteiger charge is 2.30. The summed E-state index contributed by atoms with van der Waals surface area (Å²) in [5.41, 5.74) is 2.61. The molecule has 1 aliphatic heterocycles. The van der Waals surface area contributed by atoms with Crippen molar-refractivity contribution in [3.05, 3.63) is 53.6 Å². The average Bonchev–Trinajstić information content (AvgIpc) is 2.67. The van der Waals surface area contributed by atoms with E-state index in [0.29, 0.717) is 11.7 Å². The van der Waals surface area contributed by atoms with Gasteiger partial charge in [0.1, 0.15) is 23.7 Å². The first-order chi connectivity index (χ1) is 14.5. The maximum absolute atomic E-state index is 11.2. The molecule has 1 atom stereocenters. The summed E-state index contributed by atoms with van der Waals surface area (Å²) in [4.78, 5) is 13.4. The minimum Gasteiger partial charge on any atom is -0.490 e. The molecule has 1 saturated heterocycles. The molecule has 1 amide bonds. The van der Waals surface area contributed by atoms with Crippen LogP contribution >= 0.6 is 0 Å². The zero-order chi connectivity index (χ0) is 21.1. The molecule has 2 aromatic carbocycles. The lowest BCUT2D eigenvalue weighted by atomic mass is 9.96. The van der Waals surface area contributed by atoms with Gasteiger partial charge in [0, 0.05) is 13.0 Å². The lowest BCUT2D eigenvalue weighted by Crippen LogP contribution is -2.54. The summed E-state index contributed by atoms with van der Waals surface area (Å²) in [7, 11) is 0. The number of benzene rings is 2. The van der Waals surface area contributed by atoms with E-state index in [2.05, 4.69) is 16.3 Å². The number of carbonyl (C=O) groups excluding carboxylic acids is 1. The summed E-state index contributed by atoms with van der Waals surface area (Å²) in [6.07, 6.45) is 3.81. The maximum Gasteiger partial charge on any atom is 0.217 e. The Morgan fingerprint density at radius 2 is 1.77 bits per heavy atom. The molecule has 0 radical (unpaired) electrons. The van der Waals surface area contributed by atoms with Gasteiger partial charge in [0.15, 0.2) is 0 Å². The van der Waals surface area contributed by atoms with E-state index >= 15 is 0 Å². The average molecular weight is 405 g/mol. The van der Waals surface area contributed by atoms with E-state index in [-0.39, 0.29) is 18.1 Å². The highest BCUT2D eigenvalue weighted by molar-refractivity contribution is 5.73. The van der Waals surface area contributed by atoms with Gasteiger partial charge in [-0.25, -0.2) is 0 Å². The first kappa shape index (κ1) is 20.1. The Kier molecular flexibility index (Phi) is 5.80. The third kappa shape index (κ3) is 4.51. The van der Waals surface area contributed by atoms with Crippen molar-refractivity contribution in [2.75, 3.05) is 18.0 Å². The van der Waals surface area contributed by atoms with Crippen molar-refractivity contribution in [3.63, 3.8) is 0 Å². The van der Waals surface area contributed by atoms with Crippen LogP contribution in [-0.4, -0.2) is 31.2 Å². The number of nitrogens with one attached hydrogen (secondary N) is 1. The molecule has 1 aliphatic carbocycles. The second-order valence-electron chi connectivity index (χ2n) is 8.10. The number of anilines is 1. The molecule has 1 heterocycles. The van der Waals surface area contributed by atoms with E-state index in [1.165, 1.54) is 13.3 Å². The normalized spacial score (nSPS) is 17.3. The van der Waals surface area contributed by atoms with Crippen LogP contribution in [-0.2, 0) is 4.79 Å². The molecule has 4 rings (SSSR count). The van der Waals surface area contributed by atoms with E-state index < -0.39 is 0 Å². The maximum atomic E-state index is 11.2. The summed E-state index contributed by atoms with van der Waals surface area (Å²) in [5, 5.41) is 12.4. The molecule has 0 aromatic heterocycles. The van der Waals surface area contributed by atoms with Gasteiger partial charge >= 0.3 is 0 Å². The number of ether oxygens (including phenoxy) is 2. The van der Waals surface area contributed by atoms with Crippen LogP contribution in [0.15, 0.2) is 42.5 Å². The van der Waals surface area contributed by atoms with Crippen LogP contribution < -0.4 is 19.7 Å². The first-order valence-corrected chi connectivity index (χ1v) is 10.5. The van der Waals surface area contributed by atoms with Gasteiger partial charge in [0.25, 0.3) is 0 Å². The highest BCUT2D eigenvalue weighted by atomic mass is 16.5. The second kappa shape index (κ2) is 8.66. The van der Waals surface area contributed by atoms with Crippen LogP contribution in [0.1, 0.15) is 50.3 Å². The molecular weight excluding hydrogens is 378 g/mol. The van der Waals surface area contributed by atoms with Crippen LogP contribution in [0.4, 0.5) is 5.69 Å². The summed E-state index contributed by atoms with van der Waals surface area (Å²) in [5.74, 6) is 1.54. The number of amides is 1. The largest absolute Gasteiger partial charge is 0.490 e. The standard InChI is InChI=1S/C24H27N3O3/c1-16(26-17(2)28)18-6-8-21(9-7-18)30-23-14-27(15-23)24-11-10-22(12-19(24)13-25)29-20-4-3-5-20/h6-12,16,20,23H,3-5,14-15H2,1-2H3,(H,26,28). The van der Waals surface area contributed by atoms with Crippen LogP contribution in [0.3, 0.4) is 0 Å². The van der Waals surface area contributed by atoms with Gasteiger partial charge in [-0.3, -0.25) is 4.79 Å². The fraction of sp³-hybridized carbons (Fsp3) is 0.417. The summed E-state index contributed by atoms with van der Waals surface area (Å²) in [6.45, 7) is 4.95. The lowest BCUT2D eigenvalue weighted by Gasteiger charge is -2.41. The fourth-order valence-corrected chi connectivity index (χ4v) is 3.76. The quantitative estimate of drug-likeness (QED) is 0.755. The smallest absolute Gasteiger partial charge is 0.217 e. The van der Waals surface area contributed by atoms with Crippen LogP contribution in [0, 0.1) is 11.3 Å². The van der Waals surface area contributed by atoms with Crippen molar-refractivity contribution in [1.29, 1.82) is 5.26 Å². The minimum atomic E-state index is -0.0447. The van der Waals surface area contributed by atoms with Crippen LogP contribution in [0.2, 0.25) is 0 Å². The zero-order valence-electron chi connectivity index (χ0n) is 17.4. The molecule has 156 valence electrons. The summed E-state index contributed by atoms with van der Waals surface area (Å²) in [6, 6.07) is 15.9. The first-order valence-electron chi connectivity index (χ1n) is 10.5. The summed E-state index contributed by atoms with van der Waals surface area (Å²) >= 11 is 0. The molecule has 30 heavy (non-hydrogen) atoms. The van der Waals surface area contributed by atoms with Gasteiger partial charge in [-0.2, -0.15) is 5.26 Å². The molecule has 6 nitrogen and oxygen atoms in total. The van der Waals surface area contributed by atoms with Crippen molar-refractivity contribution >= 4 is 11.6 Å². The van der Waals surface area contributed by atoms with E-state index in [1.807, 2.05) is 49.4 Å². The topological polar surface area (TPSA) is 74.6 Å². The zero-order valence-corrected chi connectivity index (χ0v) is 17.4. The van der Waals surface area contributed by atoms with Gasteiger partial charge in [-0.1, -0.05) is 12.1 Å². The Morgan fingerprint density at radius 3 is 2.37 bits per heavy atom. The highest BCUT2D eigenvalue weighted by Crippen LogP contribution is 2.32. The fourth-order valence-electron chi connectivity index (χ4n) is 3.76. The molecule has 1 N–H and O–H groups in total. The Bertz CT molecular complexity index is 941. The number of rotatable bonds is 7. The third-order valence-corrected chi connectivity index (χ3v) is 5.73. The number of nitrogens with zero attached hydrogens (tertiary/aromatic N) is 2. The molecule has 0 spiro atoms. The Morgan fingerprint density at radius 1 is 1.10 bits per heavy atom. The van der Waals surface area contributed by atoms with Crippen molar-refractivity contribution in [1.82, 2.24) is 5.32 Å². The molecule has 6 heteroatoms. The van der Waals surface area contributed by atoms with Crippen molar-refractivity contribution in [2.24, 2.45) is 0 Å². The van der Waals surface area contributed by atoms with Gasteiger partial charge in [0.2, 0.25) is 5.91 Å². The summed E-state index contributed by atoms with van der Waals surface area (Å²) < 4.78 is 12.0. The van der Waals surface area contributed by atoms with Gasteiger partial charge in [-0.15, -0.1) is 0 Å². The molecule has 2 aromatic rings. The molecular formula is C24H27N3O3. The number of hydrogen-bond donors (Lipinski definition) is 1. The molecule has 1 saturated carbocycles. The third-order valence-electron chi connectivity index (χ3n) is 5.73. The molecule has 1 unspecified atom stereocenters. The molecule has 0 bridgehead atoms. The van der Waals surface area contributed by atoms with E-state index in [1.54, 1.807) is 0 Å². The lowest BCUT2D eigenvalue weighted by molar-refractivity contribution is -0.119. The van der Waals surface area contributed by atoms with Crippen LogP contribution in [0.25, 0.3) is 0 Å². The van der Waals surface area contributed by atoms with Gasteiger partial charge in [-0.05, 0) is 56.0 Å². The van der Waals surface area contributed by atoms with Crippen molar-refractivity contribution in [3.8, 4) is 17.6 Å². The van der Waals surface area contributed by atoms with Crippen LogP contribution in [0.5, 0.6) is 11.5 Å². The second-order valence-corrected chi connectivity index (χ2v) is 8.10. The van der Waals surface area contributed by atoms with E-state index in [0.717, 1.165) is 48.7 Å². The van der Waals surface area contributed by atoms with E-state index in [4.69, 9.17) is 9.47 Å². The Balaban J connectivity index is 1.31. The number of nitriles is 1. The van der Waals surface area contributed by atoms with Gasteiger partial charge in [0.05, 0.1) is 36.5 Å². The van der Waals surface area contributed by atoms with Crippen molar-refractivity contribution < 1.29 is 14.3 Å². The predicted molar refractivity (Wildman–Crippen MR) is 115 cm³/mol. The predicted octanol–water partition coefficient (Wildman–Crippen LogP) is 3.95. The monoisotopic (exact) mass is 405 g/mol. The van der Waals surface area contributed by atoms with E-state index in [9.17, 15) is 10.1 Å². The SMILES string of the molecule is CC(=O)NC(C)c1ccc(OC2CN(c3ccc(OC4CCC4)cc3C#N)C2)cc1. The Labute approximate surface area is 177 Å². The van der Waals surface area contributed by atoms with Crippen molar-refractivity contribution in [2.45, 2.75) is 51.4 Å². The Hall–Kier alpha value is -3.20. The molecule has 2 fully saturated rings. The number of hydrogen-bond acceptors (Lipinski definition) is 5. The number of carbonyl (C=O) groups is 1. The minimum absolute atomic E-state index is 0.0311. The van der Waals surface area contributed by atoms with Gasteiger partial charge < -0.3 is 19.7 Å².